The number of hydrogen-bond donors (Lipinski definition) is 4. The highest BCUT2D eigenvalue weighted by Crippen LogP contribution is 2.21. The Bertz CT molecular complexity index is 397. The van der Waals surface area contributed by atoms with Gasteiger partial charge in [-0.15, -0.1) is 0 Å². The van der Waals surface area contributed by atoms with Crippen molar-refractivity contribution in [2.24, 2.45) is 0 Å². The van der Waals surface area contributed by atoms with E-state index in [2.05, 4.69) is 15.6 Å². The number of aliphatic hydroxyl groups excluding tert-OH is 2. The molecule has 0 amide bonds. The van der Waals surface area contributed by atoms with Crippen molar-refractivity contribution in [3.8, 4) is 0 Å². The second-order valence-corrected chi connectivity index (χ2v) is 3.90. The van der Waals surface area contributed by atoms with Gasteiger partial charge in [0.15, 0.2) is 23.3 Å². The molecule has 0 saturated carbocycles. The molecule has 0 saturated heterocycles. The Morgan fingerprint density at radius 1 is 1.24 bits per heavy atom. The first-order valence-corrected chi connectivity index (χ1v) is 4.99. The summed E-state index contributed by atoms with van der Waals surface area (Å²) < 4.78 is 26.5. The normalized spacial score (nSPS) is 11.4. The third-order valence-electron chi connectivity index (χ3n) is 2.28. The number of hydrogen-bond acceptors (Lipinski definition) is 5. The molecule has 1 aromatic rings. The van der Waals surface area contributed by atoms with Gasteiger partial charge in [0.2, 0.25) is 0 Å². The number of pyridine rings is 1. The van der Waals surface area contributed by atoms with E-state index in [1.54, 1.807) is 0 Å². The summed E-state index contributed by atoms with van der Waals surface area (Å²) in [6.07, 6.45) is 0. The number of rotatable bonds is 5. The topological polar surface area (TPSA) is 77.4 Å². The molecule has 1 heterocycles. The lowest BCUT2D eigenvalue weighted by atomic mass is 10.1. The summed E-state index contributed by atoms with van der Waals surface area (Å²) in [6, 6.07) is 0.677. The molecule has 0 aromatic carbocycles. The number of nitrogens with one attached hydrogen (secondary N) is 2. The van der Waals surface area contributed by atoms with Crippen LogP contribution < -0.4 is 10.6 Å². The molecule has 1 rings (SSSR count). The SMILES string of the molecule is CNc1nc(NC(C)(CO)CO)c(F)cc1F. The van der Waals surface area contributed by atoms with Gasteiger partial charge in [0, 0.05) is 13.1 Å². The molecule has 0 unspecified atom stereocenters. The Morgan fingerprint density at radius 2 is 1.76 bits per heavy atom. The Kier molecular flexibility index (Phi) is 4.19. The van der Waals surface area contributed by atoms with Crippen molar-refractivity contribution in [1.82, 2.24) is 4.98 Å². The summed E-state index contributed by atoms with van der Waals surface area (Å²) in [5.74, 6) is -2.06. The Hall–Kier alpha value is -1.47. The molecular weight excluding hydrogens is 232 g/mol. The maximum Gasteiger partial charge on any atom is 0.168 e. The van der Waals surface area contributed by atoms with Crippen LogP contribution in [0.15, 0.2) is 6.07 Å². The molecule has 0 aliphatic heterocycles. The molecule has 1 aromatic heterocycles. The van der Waals surface area contributed by atoms with E-state index in [9.17, 15) is 8.78 Å². The van der Waals surface area contributed by atoms with E-state index in [0.29, 0.717) is 6.07 Å². The quantitative estimate of drug-likeness (QED) is 0.611. The molecule has 17 heavy (non-hydrogen) atoms. The Labute approximate surface area is 97.5 Å². The maximum absolute atomic E-state index is 13.4. The van der Waals surface area contributed by atoms with Gasteiger partial charge in [-0.25, -0.2) is 13.8 Å². The van der Waals surface area contributed by atoms with Crippen LogP contribution in [0.1, 0.15) is 6.92 Å². The molecule has 7 heteroatoms. The van der Waals surface area contributed by atoms with Gasteiger partial charge in [0.05, 0.1) is 18.8 Å². The Balaban J connectivity index is 3.06. The molecule has 0 fully saturated rings. The monoisotopic (exact) mass is 247 g/mol. The molecule has 96 valence electrons. The summed E-state index contributed by atoms with van der Waals surface area (Å²) in [5.41, 5.74) is -1.13. The zero-order chi connectivity index (χ0) is 13.1. The minimum absolute atomic E-state index is 0.118. The van der Waals surface area contributed by atoms with Crippen LogP contribution in [0, 0.1) is 11.6 Å². The zero-order valence-electron chi connectivity index (χ0n) is 9.59. The first kappa shape index (κ1) is 13.6. The average molecular weight is 247 g/mol. The smallest absolute Gasteiger partial charge is 0.168 e. The van der Waals surface area contributed by atoms with Gasteiger partial charge >= 0.3 is 0 Å². The lowest BCUT2D eigenvalue weighted by molar-refractivity contribution is 0.147. The number of aliphatic hydroxyl groups is 2. The third-order valence-corrected chi connectivity index (χ3v) is 2.28. The van der Waals surface area contributed by atoms with Gasteiger partial charge < -0.3 is 20.8 Å². The highest BCUT2D eigenvalue weighted by atomic mass is 19.1. The average Bonchev–Trinajstić information content (AvgIpc) is 2.32. The Morgan fingerprint density at radius 3 is 2.24 bits per heavy atom. The maximum atomic E-state index is 13.4. The number of anilines is 2. The molecule has 0 aliphatic rings. The van der Waals surface area contributed by atoms with Gasteiger partial charge in [-0.05, 0) is 6.92 Å². The van der Waals surface area contributed by atoms with Crippen LogP contribution in [0.3, 0.4) is 0 Å². The number of aromatic nitrogens is 1. The molecule has 0 spiro atoms. The van der Waals surface area contributed by atoms with Crippen molar-refractivity contribution >= 4 is 11.6 Å². The van der Waals surface area contributed by atoms with E-state index in [1.807, 2.05) is 0 Å². The van der Waals surface area contributed by atoms with Crippen LogP contribution in [0.4, 0.5) is 20.4 Å². The van der Waals surface area contributed by atoms with Crippen molar-refractivity contribution in [2.45, 2.75) is 12.5 Å². The minimum Gasteiger partial charge on any atom is -0.394 e. The van der Waals surface area contributed by atoms with Gasteiger partial charge in [0.25, 0.3) is 0 Å². The fraction of sp³-hybridized carbons (Fsp3) is 0.500. The second-order valence-electron chi connectivity index (χ2n) is 3.90. The van der Waals surface area contributed by atoms with Crippen LogP contribution in [-0.2, 0) is 0 Å². The van der Waals surface area contributed by atoms with Crippen molar-refractivity contribution in [3.05, 3.63) is 17.7 Å². The predicted octanol–water partition coefficient (Wildman–Crippen LogP) is 0.557. The fourth-order valence-corrected chi connectivity index (χ4v) is 1.14. The molecule has 0 aliphatic carbocycles. The second kappa shape index (κ2) is 5.24. The predicted molar refractivity (Wildman–Crippen MR) is 59.9 cm³/mol. The number of nitrogens with zero attached hydrogens (tertiary/aromatic N) is 1. The first-order chi connectivity index (χ1) is 7.95. The van der Waals surface area contributed by atoms with Crippen LogP contribution in [0.2, 0.25) is 0 Å². The fourth-order valence-electron chi connectivity index (χ4n) is 1.14. The summed E-state index contributed by atoms with van der Waals surface area (Å²) in [4.78, 5) is 3.68. The largest absolute Gasteiger partial charge is 0.394 e. The molecule has 4 N–H and O–H groups in total. The molecule has 0 radical (unpaired) electrons. The summed E-state index contributed by atoms with van der Waals surface area (Å²) in [6.45, 7) is 0.643. The number of halogens is 2. The van der Waals surface area contributed by atoms with Crippen molar-refractivity contribution in [1.29, 1.82) is 0 Å². The zero-order valence-corrected chi connectivity index (χ0v) is 9.59. The van der Waals surface area contributed by atoms with E-state index < -0.39 is 30.4 Å². The van der Waals surface area contributed by atoms with Crippen LogP contribution in [0.25, 0.3) is 0 Å². The van der Waals surface area contributed by atoms with E-state index >= 15 is 0 Å². The van der Waals surface area contributed by atoms with E-state index in [4.69, 9.17) is 10.2 Å². The summed E-state index contributed by atoms with van der Waals surface area (Å²) >= 11 is 0. The van der Waals surface area contributed by atoms with Gasteiger partial charge in [-0.1, -0.05) is 0 Å². The van der Waals surface area contributed by atoms with Crippen LogP contribution in [-0.4, -0.2) is 41.0 Å². The first-order valence-electron chi connectivity index (χ1n) is 4.99. The minimum atomic E-state index is -1.13. The highest BCUT2D eigenvalue weighted by Gasteiger charge is 2.24. The van der Waals surface area contributed by atoms with Crippen molar-refractivity contribution in [3.63, 3.8) is 0 Å². The van der Waals surface area contributed by atoms with Crippen LogP contribution in [0.5, 0.6) is 0 Å². The van der Waals surface area contributed by atoms with E-state index in [-0.39, 0.29) is 11.6 Å². The van der Waals surface area contributed by atoms with Crippen molar-refractivity contribution in [2.75, 3.05) is 30.9 Å². The van der Waals surface area contributed by atoms with E-state index in [1.165, 1.54) is 14.0 Å². The molecule has 0 atom stereocenters. The molecule has 0 bridgehead atoms. The van der Waals surface area contributed by atoms with Gasteiger partial charge in [-0.3, -0.25) is 0 Å². The third kappa shape index (κ3) is 3.01. The lowest BCUT2D eigenvalue weighted by Crippen LogP contribution is -2.43. The lowest BCUT2D eigenvalue weighted by Gasteiger charge is -2.27. The van der Waals surface area contributed by atoms with Crippen LogP contribution >= 0.6 is 0 Å². The summed E-state index contributed by atoms with van der Waals surface area (Å²) in [5, 5.41) is 23.1. The van der Waals surface area contributed by atoms with Gasteiger partial charge in [-0.2, -0.15) is 0 Å². The molecule has 5 nitrogen and oxygen atoms in total. The van der Waals surface area contributed by atoms with E-state index in [0.717, 1.165) is 0 Å². The highest BCUT2D eigenvalue weighted by molar-refractivity contribution is 5.48. The summed E-state index contributed by atoms with van der Waals surface area (Å²) in [7, 11) is 1.45. The van der Waals surface area contributed by atoms with Crippen molar-refractivity contribution < 1.29 is 19.0 Å². The molecular formula is C10H15F2N3O2. The van der Waals surface area contributed by atoms with Gasteiger partial charge in [0.1, 0.15) is 0 Å². The standard InChI is InChI=1S/C10H15F2N3O2/c1-10(4-16,5-17)15-9-7(12)3-6(11)8(13-2)14-9/h3,16-17H,4-5H2,1-2H3,(H2,13,14,15).